The zero-order valence-electron chi connectivity index (χ0n) is 16.6. The molecule has 0 unspecified atom stereocenters. The first-order valence-corrected chi connectivity index (χ1v) is 9.60. The number of carbonyl (C=O) groups is 2. The molecule has 7 heteroatoms. The maximum absolute atomic E-state index is 12.4. The van der Waals surface area contributed by atoms with Crippen molar-refractivity contribution in [2.45, 2.75) is 19.8 Å². The lowest BCUT2D eigenvalue weighted by atomic mass is 10.1. The van der Waals surface area contributed by atoms with E-state index in [2.05, 4.69) is 15.5 Å². The summed E-state index contributed by atoms with van der Waals surface area (Å²) in [5.41, 5.74) is 1.97. The molecule has 3 rings (SSSR count). The van der Waals surface area contributed by atoms with Gasteiger partial charge in [-0.2, -0.15) is 4.98 Å². The number of benzene rings is 2. The van der Waals surface area contributed by atoms with Crippen LogP contribution in [0.2, 0.25) is 0 Å². The Bertz CT molecular complexity index is 952. The summed E-state index contributed by atoms with van der Waals surface area (Å²) in [5.74, 6) is 0.761. The molecule has 1 heterocycles. The van der Waals surface area contributed by atoms with Gasteiger partial charge in [-0.1, -0.05) is 30.3 Å². The minimum atomic E-state index is -0.101. The van der Waals surface area contributed by atoms with E-state index < -0.39 is 0 Å². The first-order valence-electron chi connectivity index (χ1n) is 9.60. The summed E-state index contributed by atoms with van der Waals surface area (Å²) in [6, 6.07) is 16.2. The number of nitrogens with zero attached hydrogens (tertiary/aromatic N) is 3. The summed E-state index contributed by atoms with van der Waals surface area (Å²) in [4.78, 5) is 30.4. The molecule has 2 amide bonds. The van der Waals surface area contributed by atoms with Crippen molar-refractivity contribution in [1.29, 1.82) is 0 Å². The SMILES string of the molecule is CCCNC(=O)c1ccc(-c2nc(CCN(C)C(=O)c3ccccc3)no2)cc1. The monoisotopic (exact) mass is 392 g/mol. The van der Waals surface area contributed by atoms with Crippen LogP contribution in [-0.2, 0) is 6.42 Å². The number of amides is 2. The predicted octanol–water partition coefficient (Wildman–Crippen LogP) is 3.19. The van der Waals surface area contributed by atoms with Crippen LogP contribution in [0.5, 0.6) is 0 Å². The van der Waals surface area contributed by atoms with Crippen LogP contribution >= 0.6 is 0 Å². The second-order valence-corrected chi connectivity index (χ2v) is 6.69. The van der Waals surface area contributed by atoms with Gasteiger partial charge in [-0.15, -0.1) is 0 Å². The molecule has 0 aliphatic rings. The van der Waals surface area contributed by atoms with Crippen molar-refractivity contribution in [3.8, 4) is 11.5 Å². The van der Waals surface area contributed by atoms with Gasteiger partial charge in [0, 0.05) is 43.2 Å². The van der Waals surface area contributed by atoms with Gasteiger partial charge in [0.2, 0.25) is 0 Å². The molecule has 150 valence electrons. The predicted molar refractivity (Wildman–Crippen MR) is 109 cm³/mol. The van der Waals surface area contributed by atoms with Gasteiger partial charge in [-0.3, -0.25) is 9.59 Å². The minimum absolute atomic E-state index is 0.0498. The molecule has 0 spiro atoms. The molecule has 0 bridgehead atoms. The lowest BCUT2D eigenvalue weighted by Crippen LogP contribution is -2.29. The number of nitrogens with one attached hydrogen (secondary N) is 1. The molecule has 2 aromatic carbocycles. The Morgan fingerprint density at radius 2 is 1.76 bits per heavy atom. The van der Waals surface area contributed by atoms with Crippen LogP contribution in [0.15, 0.2) is 59.1 Å². The summed E-state index contributed by atoms with van der Waals surface area (Å²) in [6.45, 7) is 3.13. The second kappa shape index (κ2) is 9.64. The van der Waals surface area contributed by atoms with E-state index in [4.69, 9.17) is 4.52 Å². The summed E-state index contributed by atoms with van der Waals surface area (Å²) >= 11 is 0. The van der Waals surface area contributed by atoms with Crippen molar-refractivity contribution in [1.82, 2.24) is 20.4 Å². The number of rotatable bonds is 8. The molecular weight excluding hydrogens is 368 g/mol. The number of hydrogen-bond donors (Lipinski definition) is 1. The molecule has 0 aliphatic carbocycles. The third kappa shape index (κ3) is 5.28. The molecule has 1 N–H and O–H groups in total. The summed E-state index contributed by atoms with van der Waals surface area (Å²) < 4.78 is 5.33. The molecule has 29 heavy (non-hydrogen) atoms. The Hall–Kier alpha value is -3.48. The van der Waals surface area contributed by atoms with E-state index in [1.807, 2.05) is 25.1 Å². The fourth-order valence-corrected chi connectivity index (χ4v) is 2.75. The summed E-state index contributed by atoms with van der Waals surface area (Å²) in [6.07, 6.45) is 1.37. The van der Waals surface area contributed by atoms with Crippen LogP contribution in [-0.4, -0.2) is 47.0 Å². The highest BCUT2D eigenvalue weighted by Gasteiger charge is 2.14. The first kappa shape index (κ1) is 20.3. The van der Waals surface area contributed by atoms with E-state index in [0.29, 0.717) is 42.4 Å². The fourth-order valence-electron chi connectivity index (χ4n) is 2.75. The third-order valence-electron chi connectivity index (χ3n) is 4.44. The molecular formula is C22H24N4O3. The van der Waals surface area contributed by atoms with E-state index in [9.17, 15) is 9.59 Å². The van der Waals surface area contributed by atoms with Crippen molar-refractivity contribution >= 4 is 11.8 Å². The largest absolute Gasteiger partial charge is 0.352 e. The highest BCUT2D eigenvalue weighted by atomic mass is 16.5. The van der Waals surface area contributed by atoms with Gasteiger partial charge < -0.3 is 14.7 Å². The molecule has 0 aliphatic heterocycles. The lowest BCUT2D eigenvalue weighted by Gasteiger charge is -2.15. The van der Waals surface area contributed by atoms with Crippen LogP contribution < -0.4 is 5.32 Å². The van der Waals surface area contributed by atoms with Crippen LogP contribution in [0.25, 0.3) is 11.5 Å². The average molecular weight is 392 g/mol. The summed E-state index contributed by atoms with van der Waals surface area (Å²) in [5, 5.41) is 6.83. The number of carbonyl (C=O) groups excluding carboxylic acids is 2. The van der Waals surface area contributed by atoms with Crippen LogP contribution in [0, 0.1) is 0 Å². The van der Waals surface area contributed by atoms with Gasteiger partial charge in [0.15, 0.2) is 5.82 Å². The minimum Gasteiger partial charge on any atom is -0.352 e. The molecule has 0 radical (unpaired) electrons. The molecule has 0 saturated heterocycles. The third-order valence-corrected chi connectivity index (χ3v) is 4.44. The van der Waals surface area contributed by atoms with Crippen molar-refractivity contribution in [3.05, 3.63) is 71.5 Å². The number of aromatic nitrogens is 2. The number of hydrogen-bond acceptors (Lipinski definition) is 5. The van der Waals surface area contributed by atoms with Crippen LogP contribution in [0.3, 0.4) is 0 Å². The maximum Gasteiger partial charge on any atom is 0.257 e. The van der Waals surface area contributed by atoms with E-state index in [-0.39, 0.29) is 11.8 Å². The normalized spacial score (nSPS) is 10.6. The fraction of sp³-hybridized carbons (Fsp3) is 0.273. The van der Waals surface area contributed by atoms with E-state index in [0.717, 1.165) is 12.0 Å². The quantitative estimate of drug-likeness (QED) is 0.636. The van der Waals surface area contributed by atoms with Gasteiger partial charge in [0.25, 0.3) is 17.7 Å². The van der Waals surface area contributed by atoms with Crippen LogP contribution in [0.1, 0.15) is 39.9 Å². The lowest BCUT2D eigenvalue weighted by molar-refractivity contribution is 0.0795. The highest BCUT2D eigenvalue weighted by molar-refractivity contribution is 5.94. The average Bonchev–Trinajstić information content (AvgIpc) is 3.25. The topological polar surface area (TPSA) is 88.3 Å². The Labute approximate surface area is 169 Å². The smallest absolute Gasteiger partial charge is 0.257 e. The Morgan fingerprint density at radius 1 is 1.03 bits per heavy atom. The molecule has 3 aromatic rings. The Morgan fingerprint density at radius 3 is 2.45 bits per heavy atom. The summed E-state index contributed by atoms with van der Waals surface area (Å²) in [7, 11) is 1.75. The van der Waals surface area contributed by atoms with Gasteiger partial charge in [-0.25, -0.2) is 0 Å². The van der Waals surface area contributed by atoms with Gasteiger partial charge in [0.05, 0.1) is 0 Å². The van der Waals surface area contributed by atoms with Gasteiger partial charge >= 0.3 is 0 Å². The zero-order valence-corrected chi connectivity index (χ0v) is 16.6. The van der Waals surface area contributed by atoms with Gasteiger partial charge in [0.1, 0.15) is 0 Å². The molecule has 0 atom stereocenters. The first-order chi connectivity index (χ1) is 14.1. The highest BCUT2D eigenvalue weighted by Crippen LogP contribution is 2.18. The molecule has 7 nitrogen and oxygen atoms in total. The van der Waals surface area contributed by atoms with E-state index in [1.165, 1.54) is 0 Å². The van der Waals surface area contributed by atoms with E-state index in [1.54, 1.807) is 48.3 Å². The Kier molecular flexibility index (Phi) is 6.73. The second-order valence-electron chi connectivity index (χ2n) is 6.69. The van der Waals surface area contributed by atoms with Crippen molar-refractivity contribution in [3.63, 3.8) is 0 Å². The van der Waals surface area contributed by atoms with Crippen LogP contribution in [0.4, 0.5) is 0 Å². The van der Waals surface area contributed by atoms with Crippen molar-refractivity contribution in [2.75, 3.05) is 20.1 Å². The molecule has 0 fully saturated rings. The van der Waals surface area contributed by atoms with Gasteiger partial charge in [-0.05, 0) is 42.8 Å². The standard InChI is InChI=1S/C22H24N4O3/c1-3-14-23-20(27)16-9-11-17(12-10-16)21-24-19(25-29-21)13-15-26(2)22(28)18-7-5-4-6-8-18/h4-12H,3,13-15H2,1-2H3,(H,23,27). The van der Waals surface area contributed by atoms with E-state index >= 15 is 0 Å². The van der Waals surface area contributed by atoms with Crippen molar-refractivity contribution < 1.29 is 14.1 Å². The van der Waals surface area contributed by atoms with Crippen molar-refractivity contribution in [2.24, 2.45) is 0 Å². The molecule has 1 aromatic heterocycles. The number of likely N-dealkylation sites (N-methyl/N-ethyl adjacent to an activating group) is 1. The molecule has 0 saturated carbocycles. The Balaban J connectivity index is 1.58. The zero-order chi connectivity index (χ0) is 20.6. The maximum atomic E-state index is 12.4.